The Bertz CT molecular complexity index is 818. The predicted octanol–water partition coefficient (Wildman–Crippen LogP) is 4.27. The van der Waals surface area contributed by atoms with Gasteiger partial charge >= 0.3 is 0 Å². The van der Waals surface area contributed by atoms with Crippen molar-refractivity contribution in [2.45, 2.75) is 20.5 Å². The molecule has 0 aliphatic heterocycles. The zero-order valence-electron chi connectivity index (χ0n) is 15.1. The quantitative estimate of drug-likeness (QED) is 0.387. The smallest absolute Gasteiger partial charge is 0.186 e. The third kappa shape index (κ3) is 6.37. The van der Waals surface area contributed by atoms with Crippen molar-refractivity contribution in [3.63, 3.8) is 0 Å². The highest BCUT2D eigenvalue weighted by Gasteiger charge is 2.13. The lowest BCUT2D eigenvalue weighted by Gasteiger charge is -2.14. The van der Waals surface area contributed by atoms with Crippen LogP contribution in [0.1, 0.15) is 25.0 Å². The molecule has 27 heavy (non-hydrogen) atoms. The predicted molar refractivity (Wildman–Crippen MR) is 110 cm³/mol. The summed E-state index contributed by atoms with van der Waals surface area (Å²) in [6, 6.07) is 9.84. The molecule has 0 radical (unpaired) electrons. The first-order chi connectivity index (χ1) is 13.0. The van der Waals surface area contributed by atoms with Crippen molar-refractivity contribution in [3.8, 4) is 11.5 Å². The van der Waals surface area contributed by atoms with Crippen LogP contribution in [0.3, 0.4) is 0 Å². The molecule has 2 rings (SSSR count). The van der Waals surface area contributed by atoms with Crippen LogP contribution in [0, 0.1) is 5.82 Å². The van der Waals surface area contributed by atoms with E-state index < -0.39 is 0 Å². The van der Waals surface area contributed by atoms with E-state index in [0.717, 1.165) is 0 Å². The van der Waals surface area contributed by atoms with E-state index >= 15 is 0 Å². The fourth-order valence-corrected chi connectivity index (χ4v) is 2.67. The standard InChI is InChI=1S/C19H21ClFN3O2S/c1-3-22-19(27)24-23-11-13-9-15(20)18(17(10-13)25-4-2)26-12-14-7-5-6-8-16(14)21/h5-11H,3-4,12H2,1-2H3,(H2,22,24,27). The molecular weight excluding hydrogens is 389 g/mol. The second-order valence-corrected chi connectivity index (χ2v) is 6.19. The zero-order chi connectivity index (χ0) is 19.6. The van der Waals surface area contributed by atoms with Gasteiger partial charge in [-0.05, 0) is 49.8 Å². The van der Waals surface area contributed by atoms with E-state index in [4.69, 9.17) is 33.3 Å². The van der Waals surface area contributed by atoms with Crippen LogP contribution >= 0.6 is 23.8 Å². The van der Waals surface area contributed by atoms with Gasteiger partial charge in [0.15, 0.2) is 16.6 Å². The Morgan fingerprint density at radius 1 is 1.26 bits per heavy atom. The maximum Gasteiger partial charge on any atom is 0.186 e. The van der Waals surface area contributed by atoms with Gasteiger partial charge in [-0.2, -0.15) is 5.10 Å². The monoisotopic (exact) mass is 409 g/mol. The molecule has 2 N–H and O–H groups in total. The molecule has 0 unspecified atom stereocenters. The molecule has 144 valence electrons. The van der Waals surface area contributed by atoms with Crippen molar-refractivity contribution in [1.29, 1.82) is 0 Å². The number of hydrazone groups is 1. The summed E-state index contributed by atoms with van der Waals surface area (Å²) in [5, 5.41) is 7.75. The normalized spacial score (nSPS) is 10.7. The van der Waals surface area contributed by atoms with E-state index in [1.165, 1.54) is 6.07 Å². The minimum absolute atomic E-state index is 0.0401. The Morgan fingerprint density at radius 3 is 2.74 bits per heavy atom. The Hall–Kier alpha value is -2.38. The molecule has 0 bridgehead atoms. The summed E-state index contributed by atoms with van der Waals surface area (Å²) >= 11 is 11.4. The third-order valence-corrected chi connectivity index (χ3v) is 3.89. The minimum atomic E-state index is -0.335. The van der Waals surface area contributed by atoms with Gasteiger partial charge in [0.25, 0.3) is 0 Å². The van der Waals surface area contributed by atoms with Crippen molar-refractivity contribution >= 4 is 35.1 Å². The van der Waals surface area contributed by atoms with Gasteiger partial charge in [0, 0.05) is 12.1 Å². The van der Waals surface area contributed by atoms with Crippen LogP contribution in [-0.4, -0.2) is 24.5 Å². The summed E-state index contributed by atoms with van der Waals surface area (Å²) in [7, 11) is 0. The summed E-state index contributed by atoms with van der Waals surface area (Å²) in [5.74, 6) is 0.477. The molecule has 5 nitrogen and oxygen atoms in total. The number of hydrogen-bond acceptors (Lipinski definition) is 4. The van der Waals surface area contributed by atoms with Gasteiger partial charge in [-0.3, -0.25) is 5.43 Å². The maximum absolute atomic E-state index is 13.8. The fourth-order valence-electron chi connectivity index (χ4n) is 2.20. The lowest BCUT2D eigenvalue weighted by Crippen LogP contribution is -2.31. The van der Waals surface area contributed by atoms with Crippen molar-refractivity contribution in [3.05, 3.63) is 58.4 Å². The van der Waals surface area contributed by atoms with Crippen LogP contribution in [0.4, 0.5) is 4.39 Å². The number of benzene rings is 2. The number of nitrogens with one attached hydrogen (secondary N) is 2. The lowest BCUT2D eigenvalue weighted by atomic mass is 10.2. The van der Waals surface area contributed by atoms with E-state index in [-0.39, 0.29) is 12.4 Å². The van der Waals surface area contributed by atoms with E-state index in [2.05, 4.69) is 15.8 Å². The Labute approximate surface area is 168 Å². The Kier molecular flexibility index (Phi) is 8.29. The SMILES string of the molecule is CCNC(=S)NN=Cc1cc(Cl)c(OCc2ccccc2F)c(OCC)c1. The van der Waals surface area contributed by atoms with Crippen LogP contribution in [0.15, 0.2) is 41.5 Å². The van der Waals surface area contributed by atoms with Crippen molar-refractivity contribution in [2.75, 3.05) is 13.2 Å². The lowest BCUT2D eigenvalue weighted by molar-refractivity contribution is 0.266. The van der Waals surface area contributed by atoms with Gasteiger partial charge in [-0.15, -0.1) is 0 Å². The van der Waals surface area contributed by atoms with Crippen LogP contribution in [0.5, 0.6) is 11.5 Å². The van der Waals surface area contributed by atoms with E-state index in [1.807, 2.05) is 13.8 Å². The fraction of sp³-hybridized carbons (Fsp3) is 0.263. The van der Waals surface area contributed by atoms with Crippen molar-refractivity contribution in [2.24, 2.45) is 5.10 Å². The van der Waals surface area contributed by atoms with Crippen LogP contribution < -0.4 is 20.2 Å². The molecule has 0 aromatic heterocycles. The van der Waals surface area contributed by atoms with Crippen molar-refractivity contribution < 1.29 is 13.9 Å². The van der Waals surface area contributed by atoms with E-state index in [1.54, 1.807) is 36.5 Å². The average Bonchev–Trinajstić information content (AvgIpc) is 2.63. The maximum atomic E-state index is 13.8. The molecule has 0 atom stereocenters. The van der Waals surface area contributed by atoms with Gasteiger partial charge in [-0.25, -0.2) is 4.39 Å². The minimum Gasteiger partial charge on any atom is -0.490 e. The third-order valence-electron chi connectivity index (χ3n) is 3.38. The molecule has 0 saturated carbocycles. The van der Waals surface area contributed by atoms with Gasteiger partial charge in [0.1, 0.15) is 12.4 Å². The number of thiocarbonyl (C=S) groups is 1. The van der Waals surface area contributed by atoms with E-state index in [9.17, 15) is 4.39 Å². The first-order valence-electron chi connectivity index (χ1n) is 8.44. The second kappa shape index (κ2) is 10.7. The first-order valence-corrected chi connectivity index (χ1v) is 9.23. The summed E-state index contributed by atoms with van der Waals surface area (Å²) < 4.78 is 25.1. The molecule has 0 aliphatic rings. The Balaban J connectivity index is 2.16. The highest BCUT2D eigenvalue weighted by atomic mass is 35.5. The van der Waals surface area contributed by atoms with E-state index in [0.29, 0.717) is 45.9 Å². The number of hydrogen-bond donors (Lipinski definition) is 2. The summed E-state index contributed by atoms with van der Waals surface area (Å²) in [5.41, 5.74) is 3.84. The zero-order valence-corrected chi connectivity index (χ0v) is 16.7. The number of nitrogens with zero attached hydrogens (tertiary/aromatic N) is 1. The van der Waals surface area contributed by atoms with Gasteiger partial charge in [-0.1, -0.05) is 29.8 Å². The topological polar surface area (TPSA) is 54.9 Å². The largest absolute Gasteiger partial charge is 0.490 e. The number of halogens is 2. The van der Waals surface area contributed by atoms with Crippen LogP contribution in [0.25, 0.3) is 0 Å². The molecule has 0 spiro atoms. The van der Waals surface area contributed by atoms with Gasteiger partial charge in [0.05, 0.1) is 17.8 Å². The molecule has 2 aromatic carbocycles. The second-order valence-electron chi connectivity index (χ2n) is 5.37. The van der Waals surface area contributed by atoms with Crippen LogP contribution in [0.2, 0.25) is 5.02 Å². The summed E-state index contributed by atoms with van der Waals surface area (Å²) in [4.78, 5) is 0. The number of ether oxygens (including phenoxy) is 2. The molecular formula is C19H21ClFN3O2S. The van der Waals surface area contributed by atoms with Gasteiger partial charge in [0.2, 0.25) is 0 Å². The molecule has 0 saturated heterocycles. The molecule has 2 aromatic rings. The van der Waals surface area contributed by atoms with Crippen LogP contribution in [-0.2, 0) is 6.61 Å². The van der Waals surface area contributed by atoms with Gasteiger partial charge < -0.3 is 14.8 Å². The number of rotatable bonds is 8. The average molecular weight is 410 g/mol. The van der Waals surface area contributed by atoms with Crippen molar-refractivity contribution in [1.82, 2.24) is 10.7 Å². The molecule has 8 heteroatoms. The molecule has 0 heterocycles. The first kappa shape index (κ1) is 20.9. The molecule has 0 fully saturated rings. The summed E-state index contributed by atoms with van der Waals surface area (Å²) in [6.07, 6.45) is 1.57. The molecule has 0 amide bonds. The summed E-state index contributed by atoms with van der Waals surface area (Å²) in [6.45, 7) is 4.96. The molecule has 0 aliphatic carbocycles. The highest BCUT2D eigenvalue weighted by molar-refractivity contribution is 7.80. The Morgan fingerprint density at radius 2 is 2.04 bits per heavy atom. The highest BCUT2D eigenvalue weighted by Crippen LogP contribution is 2.37.